The highest BCUT2D eigenvalue weighted by atomic mass is 35.5. The second-order valence-electron chi connectivity index (χ2n) is 8.73. The van der Waals surface area contributed by atoms with Crippen molar-refractivity contribution in [2.75, 3.05) is 11.9 Å². The molecule has 9 heteroatoms. The van der Waals surface area contributed by atoms with Crippen LogP contribution in [0.5, 0.6) is 5.75 Å². The number of benzene rings is 3. The number of carbonyl (C=O) groups excluding carboxylic acids is 1. The van der Waals surface area contributed by atoms with Crippen LogP contribution in [0.25, 0.3) is 0 Å². The standard InChI is InChI=1S/C30H25Cl2NO5S/c1-21-11-17-25(18-12-21)39(35,36)38-24-15-13-22(14-16-24)6-5-19-37-29(34)20-23-7-2-3-10-28(23)33-30-26(31)8-4-9-27(30)32/h2-3,7-8,10-18,33H,5-6,19-20H2,1H3. The van der Waals surface area contributed by atoms with Crippen molar-refractivity contribution in [3.8, 4) is 5.75 Å². The van der Waals surface area contributed by atoms with Crippen molar-refractivity contribution in [1.29, 1.82) is 0 Å². The second-order valence-corrected chi connectivity index (χ2v) is 11.1. The predicted octanol–water partition coefficient (Wildman–Crippen LogP) is 6.79. The first-order valence-electron chi connectivity index (χ1n) is 12.1. The van der Waals surface area contributed by atoms with Gasteiger partial charge < -0.3 is 14.2 Å². The van der Waals surface area contributed by atoms with Crippen LogP contribution >= 0.6 is 23.2 Å². The second kappa shape index (κ2) is 12.9. The smallest absolute Gasteiger partial charge is 0.339 e. The van der Waals surface area contributed by atoms with Gasteiger partial charge in [-0.3, -0.25) is 4.79 Å². The van der Waals surface area contributed by atoms with Gasteiger partial charge in [-0.15, -0.1) is 0 Å². The fourth-order valence-electron chi connectivity index (χ4n) is 3.71. The average Bonchev–Trinajstić information content (AvgIpc) is 2.91. The van der Waals surface area contributed by atoms with Crippen molar-refractivity contribution in [1.82, 2.24) is 0 Å². The number of rotatable bonds is 11. The number of halogens is 2. The molecule has 1 aliphatic rings. The van der Waals surface area contributed by atoms with E-state index in [4.69, 9.17) is 32.1 Å². The fourth-order valence-corrected chi connectivity index (χ4v) is 5.09. The lowest BCUT2D eigenvalue weighted by molar-refractivity contribution is -0.142. The van der Waals surface area contributed by atoms with E-state index in [1.807, 2.05) is 31.2 Å². The van der Waals surface area contributed by atoms with E-state index in [9.17, 15) is 13.2 Å². The summed E-state index contributed by atoms with van der Waals surface area (Å²) in [5.41, 5.74) is 9.32. The molecular formula is C30H25Cl2NO5S. The molecule has 0 unspecified atom stereocenters. The number of para-hydroxylation sites is 1. The van der Waals surface area contributed by atoms with Gasteiger partial charge in [0.15, 0.2) is 0 Å². The Morgan fingerprint density at radius 1 is 0.974 bits per heavy atom. The van der Waals surface area contributed by atoms with Gasteiger partial charge >= 0.3 is 16.1 Å². The molecule has 0 amide bonds. The third-order valence-electron chi connectivity index (χ3n) is 5.76. The Hall–Kier alpha value is -3.70. The van der Waals surface area contributed by atoms with Crippen LogP contribution < -0.4 is 9.50 Å². The van der Waals surface area contributed by atoms with Gasteiger partial charge in [-0.2, -0.15) is 8.42 Å². The summed E-state index contributed by atoms with van der Waals surface area (Å²) >= 11 is 12.4. The zero-order chi connectivity index (χ0) is 27.8. The molecule has 4 rings (SSSR count). The first-order chi connectivity index (χ1) is 18.7. The number of carbonyl (C=O) groups is 1. The van der Waals surface area contributed by atoms with E-state index < -0.39 is 10.1 Å². The molecule has 0 fully saturated rings. The van der Waals surface area contributed by atoms with E-state index in [1.54, 1.807) is 42.5 Å². The predicted molar refractivity (Wildman–Crippen MR) is 152 cm³/mol. The Kier molecular flexibility index (Phi) is 9.36. The summed E-state index contributed by atoms with van der Waals surface area (Å²) < 4.78 is 35.6. The highest BCUT2D eigenvalue weighted by molar-refractivity contribution is 7.87. The summed E-state index contributed by atoms with van der Waals surface area (Å²) in [5.74, 6) is -0.133. The number of aryl methyl sites for hydroxylation is 2. The summed E-state index contributed by atoms with van der Waals surface area (Å²) in [5, 5.41) is 3.85. The van der Waals surface area contributed by atoms with Crippen LogP contribution in [-0.4, -0.2) is 21.0 Å². The molecule has 0 bridgehead atoms. The van der Waals surface area contributed by atoms with Gasteiger partial charge in [0.1, 0.15) is 15.7 Å². The third-order valence-corrected chi connectivity index (χ3v) is 7.61. The van der Waals surface area contributed by atoms with Gasteiger partial charge in [0.2, 0.25) is 0 Å². The molecule has 39 heavy (non-hydrogen) atoms. The van der Waals surface area contributed by atoms with Crippen LogP contribution in [0.2, 0.25) is 0 Å². The molecule has 3 aromatic rings. The first kappa shape index (κ1) is 28.3. The molecule has 3 aromatic carbocycles. The van der Waals surface area contributed by atoms with E-state index in [0.717, 1.165) is 16.7 Å². The highest BCUT2D eigenvalue weighted by Gasteiger charge is 2.17. The van der Waals surface area contributed by atoms with Crippen molar-refractivity contribution in [2.45, 2.75) is 31.1 Å². The summed E-state index contributed by atoms with van der Waals surface area (Å²) in [6.45, 7) is 2.13. The van der Waals surface area contributed by atoms with Gasteiger partial charge in [0.05, 0.1) is 23.8 Å². The van der Waals surface area contributed by atoms with Crippen LogP contribution in [0.4, 0.5) is 5.69 Å². The Morgan fingerprint density at radius 2 is 1.69 bits per heavy atom. The zero-order valence-corrected chi connectivity index (χ0v) is 23.4. The number of anilines is 1. The minimum absolute atomic E-state index is 0.0720. The molecule has 0 saturated heterocycles. The number of esters is 1. The Balaban J connectivity index is 1.25. The number of hydrogen-bond donors (Lipinski definition) is 1. The van der Waals surface area contributed by atoms with Gasteiger partial charge in [-0.1, -0.05) is 77.0 Å². The van der Waals surface area contributed by atoms with E-state index in [-0.39, 0.29) is 29.6 Å². The van der Waals surface area contributed by atoms with Crippen LogP contribution in [-0.2, 0) is 32.5 Å². The number of nitrogens with one attached hydrogen (secondary N) is 1. The maximum absolute atomic E-state index is 12.5. The number of ether oxygens (including phenoxy) is 1. The lowest BCUT2D eigenvalue weighted by atomic mass is 10.1. The lowest BCUT2D eigenvalue weighted by Gasteiger charge is -2.15. The normalized spacial score (nSPS) is 12.7. The van der Waals surface area contributed by atoms with Gasteiger partial charge in [0, 0.05) is 11.8 Å². The van der Waals surface area contributed by atoms with Crippen LogP contribution in [0.1, 0.15) is 23.1 Å². The summed E-state index contributed by atoms with van der Waals surface area (Å²) in [4.78, 5) is 12.6. The molecule has 0 heterocycles. The molecule has 0 radical (unpaired) electrons. The van der Waals surface area contributed by atoms with Crippen molar-refractivity contribution in [3.05, 3.63) is 123 Å². The number of allylic oxidation sites excluding steroid dienone is 3. The molecule has 200 valence electrons. The van der Waals surface area contributed by atoms with E-state index in [2.05, 4.69) is 16.8 Å². The molecule has 0 aromatic heterocycles. The molecule has 0 spiro atoms. The quantitative estimate of drug-likeness (QED) is 0.116. The maximum atomic E-state index is 12.5. The first-order valence-corrected chi connectivity index (χ1v) is 14.3. The molecule has 0 saturated carbocycles. The third kappa shape index (κ3) is 7.90. The van der Waals surface area contributed by atoms with Gasteiger partial charge in [0.25, 0.3) is 0 Å². The van der Waals surface area contributed by atoms with Crippen LogP contribution in [0, 0.1) is 6.92 Å². The van der Waals surface area contributed by atoms with Crippen LogP contribution in [0.15, 0.2) is 111 Å². The number of hydrogen-bond acceptors (Lipinski definition) is 6. The summed E-state index contributed by atoms with van der Waals surface area (Å²) in [6, 6.07) is 20.6. The lowest BCUT2D eigenvalue weighted by Crippen LogP contribution is -2.12. The molecule has 0 aliphatic heterocycles. The van der Waals surface area contributed by atoms with E-state index in [1.165, 1.54) is 12.1 Å². The molecule has 1 aliphatic carbocycles. The van der Waals surface area contributed by atoms with E-state index >= 15 is 0 Å². The van der Waals surface area contributed by atoms with Crippen molar-refractivity contribution in [2.24, 2.45) is 0 Å². The SMILES string of the molecule is Cc1ccc(S(=O)(=O)Oc2ccc(CCCOC(=O)Cc3ccccc3NC3=C(Cl)C=C=C=C3Cl)cc2)cc1. The van der Waals surface area contributed by atoms with Crippen molar-refractivity contribution >= 4 is 45.0 Å². The minimum Gasteiger partial charge on any atom is -0.465 e. The Bertz CT molecular complexity index is 1600. The summed E-state index contributed by atoms with van der Waals surface area (Å²) in [7, 11) is -3.90. The monoisotopic (exact) mass is 581 g/mol. The summed E-state index contributed by atoms with van der Waals surface area (Å²) in [6.07, 6.45) is 2.88. The topological polar surface area (TPSA) is 81.7 Å². The van der Waals surface area contributed by atoms with Gasteiger partial charge in [-0.05, 0) is 67.0 Å². The minimum atomic E-state index is -3.90. The zero-order valence-electron chi connectivity index (χ0n) is 21.0. The molecule has 6 nitrogen and oxygen atoms in total. The van der Waals surface area contributed by atoms with Crippen LogP contribution in [0.3, 0.4) is 0 Å². The molecular weight excluding hydrogens is 557 g/mol. The van der Waals surface area contributed by atoms with Gasteiger partial charge in [-0.25, -0.2) is 0 Å². The highest BCUT2D eigenvalue weighted by Crippen LogP contribution is 2.28. The maximum Gasteiger partial charge on any atom is 0.339 e. The fraction of sp³-hybridized carbons (Fsp3) is 0.167. The molecule has 0 atom stereocenters. The molecule has 1 N–H and O–H groups in total. The largest absolute Gasteiger partial charge is 0.465 e. The van der Waals surface area contributed by atoms with Crippen molar-refractivity contribution in [3.63, 3.8) is 0 Å². The Labute approximate surface area is 238 Å². The van der Waals surface area contributed by atoms with Crippen molar-refractivity contribution < 1.29 is 22.1 Å². The Morgan fingerprint density at radius 3 is 2.41 bits per heavy atom. The average molecular weight is 583 g/mol. The van der Waals surface area contributed by atoms with E-state index in [0.29, 0.717) is 34.3 Å².